The maximum absolute atomic E-state index is 12.5. The molecule has 18 heavy (non-hydrogen) atoms. The van der Waals surface area contributed by atoms with Gasteiger partial charge < -0.3 is 0 Å². The molecular weight excluding hydrogens is 222 g/mol. The molecule has 1 aliphatic carbocycles. The third-order valence-corrected chi connectivity index (χ3v) is 3.82. The van der Waals surface area contributed by atoms with Crippen LogP contribution in [0, 0.1) is 36.0 Å². The van der Waals surface area contributed by atoms with Gasteiger partial charge in [0.05, 0.1) is 11.6 Å². The zero-order chi connectivity index (χ0) is 13.2. The van der Waals surface area contributed by atoms with Gasteiger partial charge in [-0.1, -0.05) is 32.4 Å². The van der Waals surface area contributed by atoms with Crippen molar-refractivity contribution in [2.24, 2.45) is 11.3 Å². The fourth-order valence-corrected chi connectivity index (χ4v) is 2.62. The summed E-state index contributed by atoms with van der Waals surface area (Å²) in [5.74, 6) is 0.681. The topological polar surface area (TPSA) is 40.9 Å². The van der Waals surface area contributed by atoms with Crippen molar-refractivity contribution in [2.45, 2.75) is 26.2 Å². The highest BCUT2D eigenvalue weighted by molar-refractivity contribution is 6.01. The molecule has 0 N–H and O–H groups in total. The Morgan fingerprint density at radius 2 is 2.17 bits per heavy atom. The number of carbonyl (C=O) groups is 1. The first-order chi connectivity index (χ1) is 8.59. The van der Waals surface area contributed by atoms with Crippen LogP contribution < -0.4 is 0 Å². The monoisotopic (exact) mass is 239 g/mol. The van der Waals surface area contributed by atoms with Gasteiger partial charge >= 0.3 is 0 Å². The number of nitrogens with zero attached hydrogens (tertiary/aromatic N) is 1. The van der Waals surface area contributed by atoms with Crippen molar-refractivity contribution < 1.29 is 4.79 Å². The molecule has 1 fully saturated rings. The Morgan fingerprint density at radius 3 is 2.67 bits per heavy atom. The molecule has 0 amide bonds. The average Bonchev–Trinajstić information content (AvgIpc) is 2.81. The van der Waals surface area contributed by atoms with E-state index in [4.69, 9.17) is 5.26 Å². The van der Waals surface area contributed by atoms with Gasteiger partial charge in [0.1, 0.15) is 0 Å². The zero-order valence-electron chi connectivity index (χ0n) is 10.6. The first-order valence-electron chi connectivity index (χ1n) is 6.27. The quantitative estimate of drug-likeness (QED) is 0.756. The lowest BCUT2D eigenvalue weighted by atomic mass is 9.80. The minimum absolute atomic E-state index is 0.155. The molecule has 2 radical (unpaired) electrons. The van der Waals surface area contributed by atoms with Crippen molar-refractivity contribution in [2.75, 3.05) is 0 Å². The van der Waals surface area contributed by atoms with Gasteiger partial charge in [-0.3, -0.25) is 4.79 Å². The molecule has 0 bridgehead atoms. The maximum atomic E-state index is 12.5. The summed E-state index contributed by atoms with van der Waals surface area (Å²) in [5.41, 5.74) is 0.913. The summed E-state index contributed by atoms with van der Waals surface area (Å²) in [7, 11) is 0. The van der Waals surface area contributed by atoms with E-state index in [0.29, 0.717) is 17.0 Å². The fraction of sp³-hybridized carbons (Fsp3) is 0.375. The van der Waals surface area contributed by atoms with Crippen LogP contribution in [0.25, 0.3) is 0 Å². The van der Waals surface area contributed by atoms with Crippen molar-refractivity contribution in [3.63, 3.8) is 0 Å². The van der Waals surface area contributed by atoms with Crippen LogP contribution in [0.15, 0.2) is 24.3 Å². The summed E-state index contributed by atoms with van der Waals surface area (Å²) in [6.07, 6.45) is 4.87. The maximum Gasteiger partial charge on any atom is 0.169 e. The molecular formula is C16H17NO. The number of hydrogen-bond donors (Lipinski definition) is 0. The molecule has 1 aliphatic rings. The van der Waals surface area contributed by atoms with E-state index in [1.807, 2.05) is 6.92 Å². The molecule has 0 spiro atoms. The Hall–Kier alpha value is -1.62. The van der Waals surface area contributed by atoms with Crippen LogP contribution in [0.2, 0.25) is 0 Å². The molecule has 92 valence electrons. The first kappa shape index (κ1) is 12.8. The third kappa shape index (κ3) is 2.31. The Kier molecular flexibility index (Phi) is 3.52. The lowest BCUT2D eigenvalue weighted by Gasteiger charge is -2.22. The van der Waals surface area contributed by atoms with Crippen LogP contribution in [-0.2, 0) is 0 Å². The molecule has 0 heterocycles. The van der Waals surface area contributed by atoms with Gasteiger partial charge in [0.2, 0.25) is 0 Å². The van der Waals surface area contributed by atoms with E-state index in [-0.39, 0.29) is 11.2 Å². The number of ketones is 1. The van der Waals surface area contributed by atoms with Crippen LogP contribution in [0.4, 0.5) is 0 Å². The second kappa shape index (κ2) is 4.94. The van der Waals surface area contributed by atoms with Gasteiger partial charge in [0, 0.05) is 11.0 Å². The highest BCUT2D eigenvalue weighted by Crippen LogP contribution is 2.44. The number of nitriles is 1. The Labute approximate surface area is 109 Å². The van der Waals surface area contributed by atoms with Crippen LogP contribution in [0.3, 0.4) is 0 Å². The minimum atomic E-state index is -0.365. The van der Waals surface area contributed by atoms with E-state index >= 15 is 0 Å². The number of Topliss-reactive ketones (excluding diaryl/α,β-unsaturated/α-hetero) is 1. The molecule has 0 saturated heterocycles. The fourth-order valence-electron chi connectivity index (χ4n) is 2.62. The first-order valence-corrected chi connectivity index (χ1v) is 6.27. The summed E-state index contributed by atoms with van der Waals surface area (Å²) < 4.78 is 0. The zero-order valence-corrected chi connectivity index (χ0v) is 10.6. The summed E-state index contributed by atoms with van der Waals surface area (Å²) in [4.78, 5) is 12.5. The van der Waals surface area contributed by atoms with Crippen molar-refractivity contribution in [1.82, 2.24) is 0 Å². The van der Waals surface area contributed by atoms with E-state index < -0.39 is 0 Å². The smallest absolute Gasteiger partial charge is 0.169 e. The Balaban J connectivity index is 2.18. The standard InChI is InChI=1S/C16H17NO/c1-3-12-8-9-16(2,10-12)15(18)14-6-4-13(11-17)5-7-14/h4-7,9,12H,1,3,8,10H2,2H3. The van der Waals surface area contributed by atoms with Crippen molar-refractivity contribution in [1.29, 1.82) is 5.26 Å². The highest BCUT2D eigenvalue weighted by atomic mass is 16.1. The van der Waals surface area contributed by atoms with Crippen molar-refractivity contribution in [3.8, 4) is 6.07 Å². The van der Waals surface area contributed by atoms with Gasteiger partial charge in [-0.25, -0.2) is 0 Å². The molecule has 0 aromatic heterocycles. The van der Waals surface area contributed by atoms with E-state index in [9.17, 15) is 4.79 Å². The number of hydrogen-bond acceptors (Lipinski definition) is 2. The van der Waals surface area contributed by atoms with Crippen LogP contribution in [0.5, 0.6) is 0 Å². The van der Waals surface area contributed by atoms with E-state index in [2.05, 4.69) is 19.4 Å². The van der Waals surface area contributed by atoms with E-state index in [0.717, 1.165) is 19.3 Å². The lowest BCUT2D eigenvalue weighted by Crippen LogP contribution is -2.25. The summed E-state index contributed by atoms with van der Waals surface area (Å²) in [6, 6.07) is 8.95. The highest BCUT2D eigenvalue weighted by Gasteiger charge is 2.40. The second-order valence-corrected chi connectivity index (χ2v) is 5.23. The van der Waals surface area contributed by atoms with E-state index in [1.165, 1.54) is 0 Å². The molecule has 2 nitrogen and oxygen atoms in total. The van der Waals surface area contributed by atoms with Gasteiger partial charge in [-0.2, -0.15) is 5.26 Å². The van der Waals surface area contributed by atoms with Gasteiger partial charge in [0.25, 0.3) is 0 Å². The normalized spacial score (nSPS) is 26.8. The molecule has 1 aromatic carbocycles. The SMILES string of the molecule is [CH2]CC1C[CH]C(C)(C(=O)c2ccc(C#N)cc2)C1. The molecule has 2 rings (SSSR count). The van der Waals surface area contributed by atoms with Crippen molar-refractivity contribution in [3.05, 3.63) is 48.7 Å². The second-order valence-electron chi connectivity index (χ2n) is 5.23. The summed E-state index contributed by atoms with van der Waals surface area (Å²) in [6.45, 7) is 5.92. The minimum Gasteiger partial charge on any atom is -0.294 e. The van der Waals surface area contributed by atoms with Crippen LogP contribution in [0.1, 0.15) is 42.1 Å². The van der Waals surface area contributed by atoms with Gasteiger partial charge in [-0.15, -0.1) is 0 Å². The molecule has 2 unspecified atom stereocenters. The van der Waals surface area contributed by atoms with E-state index in [1.54, 1.807) is 24.3 Å². The molecule has 2 heteroatoms. The van der Waals surface area contributed by atoms with Crippen LogP contribution >= 0.6 is 0 Å². The van der Waals surface area contributed by atoms with Gasteiger partial charge in [0.15, 0.2) is 5.78 Å². The summed E-state index contributed by atoms with van der Waals surface area (Å²) in [5, 5.41) is 8.75. The molecule has 1 saturated carbocycles. The average molecular weight is 239 g/mol. The van der Waals surface area contributed by atoms with Crippen molar-refractivity contribution >= 4 is 5.78 Å². The number of benzene rings is 1. The Morgan fingerprint density at radius 1 is 1.50 bits per heavy atom. The van der Waals surface area contributed by atoms with Crippen LogP contribution in [-0.4, -0.2) is 5.78 Å². The lowest BCUT2D eigenvalue weighted by molar-refractivity contribution is 0.0853. The molecule has 1 aromatic rings. The Bertz CT molecular complexity index is 483. The summed E-state index contributed by atoms with van der Waals surface area (Å²) >= 11 is 0. The predicted molar refractivity (Wildman–Crippen MR) is 70.6 cm³/mol. The largest absolute Gasteiger partial charge is 0.294 e. The third-order valence-electron chi connectivity index (χ3n) is 3.82. The molecule has 2 atom stereocenters. The number of rotatable bonds is 3. The molecule has 0 aliphatic heterocycles. The predicted octanol–water partition coefficient (Wildman–Crippen LogP) is 3.59. The number of carbonyl (C=O) groups excluding carboxylic acids is 1. The van der Waals surface area contributed by atoms with Gasteiger partial charge in [-0.05, 0) is 37.3 Å².